The molecular formula is C17H23N3O2S2. The number of amides is 1. The van der Waals surface area contributed by atoms with Gasteiger partial charge in [-0.3, -0.25) is 10.1 Å². The Morgan fingerprint density at radius 2 is 2.12 bits per heavy atom. The summed E-state index contributed by atoms with van der Waals surface area (Å²) in [5, 5.41) is 11.4. The van der Waals surface area contributed by atoms with Crippen molar-refractivity contribution in [3.8, 4) is 5.75 Å². The second-order valence-corrected chi connectivity index (χ2v) is 7.81. The van der Waals surface area contributed by atoms with E-state index >= 15 is 0 Å². The van der Waals surface area contributed by atoms with E-state index in [1.807, 2.05) is 39.0 Å². The van der Waals surface area contributed by atoms with Gasteiger partial charge in [0.15, 0.2) is 10.4 Å². The number of anilines is 1. The summed E-state index contributed by atoms with van der Waals surface area (Å²) in [4.78, 5) is 12.4. The maximum atomic E-state index is 12.4. The third-order valence-electron chi connectivity index (χ3n) is 3.33. The molecule has 0 aliphatic heterocycles. The van der Waals surface area contributed by atoms with Crippen LogP contribution in [0.3, 0.4) is 0 Å². The smallest absolute Gasteiger partial charge is 0.267 e. The fraction of sp³-hybridized carbons (Fsp3) is 0.471. The SMILES string of the molecule is CCCSc1nnc(NC(=O)[C@H](CC)Oc2ccc(C)cc2C)s1. The number of thioether (sulfide) groups is 1. The van der Waals surface area contributed by atoms with Crippen molar-refractivity contribution >= 4 is 34.1 Å². The first-order chi connectivity index (χ1) is 11.5. The molecule has 7 heteroatoms. The molecule has 0 aliphatic carbocycles. The Bertz CT molecular complexity index is 688. The van der Waals surface area contributed by atoms with Crippen molar-refractivity contribution in [1.82, 2.24) is 10.2 Å². The average Bonchev–Trinajstić information content (AvgIpc) is 2.99. The number of aromatic nitrogens is 2. The van der Waals surface area contributed by atoms with Gasteiger partial charge in [0, 0.05) is 5.75 Å². The Balaban J connectivity index is 1.99. The third kappa shape index (κ3) is 5.21. The number of hydrogen-bond donors (Lipinski definition) is 1. The highest BCUT2D eigenvalue weighted by molar-refractivity contribution is 8.01. The Morgan fingerprint density at radius 1 is 1.33 bits per heavy atom. The summed E-state index contributed by atoms with van der Waals surface area (Å²) >= 11 is 3.04. The zero-order chi connectivity index (χ0) is 17.5. The van der Waals surface area contributed by atoms with Crippen LogP contribution >= 0.6 is 23.1 Å². The Labute approximate surface area is 151 Å². The fourth-order valence-corrected chi connectivity index (χ4v) is 3.78. The van der Waals surface area contributed by atoms with Crippen LogP contribution in [0.1, 0.15) is 37.8 Å². The van der Waals surface area contributed by atoms with Gasteiger partial charge >= 0.3 is 0 Å². The van der Waals surface area contributed by atoms with E-state index in [1.54, 1.807) is 11.8 Å². The van der Waals surface area contributed by atoms with E-state index in [9.17, 15) is 4.79 Å². The van der Waals surface area contributed by atoms with Crippen LogP contribution in [-0.4, -0.2) is 28.0 Å². The lowest BCUT2D eigenvalue weighted by Crippen LogP contribution is -2.32. The van der Waals surface area contributed by atoms with Crippen molar-refractivity contribution in [2.24, 2.45) is 0 Å². The number of carbonyl (C=O) groups excluding carboxylic acids is 1. The first-order valence-electron chi connectivity index (χ1n) is 8.04. The van der Waals surface area contributed by atoms with Gasteiger partial charge in [-0.25, -0.2) is 0 Å². The van der Waals surface area contributed by atoms with Crippen molar-refractivity contribution in [3.05, 3.63) is 29.3 Å². The predicted molar refractivity (Wildman–Crippen MR) is 100 cm³/mol. The lowest BCUT2D eigenvalue weighted by molar-refractivity contribution is -0.122. The summed E-state index contributed by atoms with van der Waals surface area (Å²) in [6, 6.07) is 5.93. The molecule has 0 saturated heterocycles. The molecule has 0 fully saturated rings. The van der Waals surface area contributed by atoms with E-state index in [2.05, 4.69) is 22.4 Å². The van der Waals surface area contributed by atoms with Crippen molar-refractivity contribution < 1.29 is 9.53 Å². The lowest BCUT2D eigenvalue weighted by atomic mass is 10.1. The monoisotopic (exact) mass is 365 g/mol. The number of nitrogens with zero attached hydrogens (tertiary/aromatic N) is 2. The normalized spacial score (nSPS) is 12.0. The van der Waals surface area contributed by atoms with Crippen LogP contribution in [0.25, 0.3) is 0 Å². The summed E-state index contributed by atoms with van der Waals surface area (Å²) < 4.78 is 6.77. The molecule has 1 aromatic carbocycles. The van der Waals surface area contributed by atoms with Crippen LogP contribution in [0, 0.1) is 13.8 Å². The molecule has 2 aromatic rings. The quantitative estimate of drug-likeness (QED) is 0.553. The van der Waals surface area contributed by atoms with Gasteiger partial charge < -0.3 is 4.74 Å². The molecule has 0 saturated carbocycles. The van der Waals surface area contributed by atoms with Crippen LogP contribution in [0.15, 0.2) is 22.5 Å². The molecule has 1 aromatic heterocycles. The summed E-state index contributed by atoms with van der Waals surface area (Å²) in [6.45, 7) is 8.06. The van der Waals surface area contributed by atoms with Crippen LogP contribution in [0.4, 0.5) is 5.13 Å². The highest BCUT2D eigenvalue weighted by Crippen LogP contribution is 2.26. The number of carbonyl (C=O) groups is 1. The molecule has 1 atom stereocenters. The topological polar surface area (TPSA) is 64.1 Å². The maximum Gasteiger partial charge on any atom is 0.267 e. The number of rotatable bonds is 8. The number of nitrogens with one attached hydrogen (secondary N) is 1. The van der Waals surface area contributed by atoms with Gasteiger partial charge in [-0.2, -0.15) is 0 Å². The minimum absolute atomic E-state index is 0.194. The summed E-state index contributed by atoms with van der Waals surface area (Å²) in [5.74, 6) is 1.54. The highest BCUT2D eigenvalue weighted by atomic mass is 32.2. The number of hydrogen-bond acceptors (Lipinski definition) is 6. The van der Waals surface area contributed by atoms with Crippen LogP contribution in [-0.2, 0) is 4.79 Å². The predicted octanol–water partition coefficient (Wildman–Crippen LogP) is 4.45. The maximum absolute atomic E-state index is 12.4. The molecular weight excluding hydrogens is 342 g/mol. The van der Waals surface area contributed by atoms with Crippen molar-refractivity contribution in [3.63, 3.8) is 0 Å². The van der Waals surface area contributed by atoms with Crippen LogP contribution in [0.2, 0.25) is 0 Å². The van der Waals surface area contributed by atoms with Gasteiger partial charge in [-0.15, -0.1) is 10.2 Å². The van der Waals surface area contributed by atoms with E-state index in [4.69, 9.17) is 4.74 Å². The minimum atomic E-state index is -0.554. The Morgan fingerprint density at radius 3 is 2.79 bits per heavy atom. The van der Waals surface area contributed by atoms with Gasteiger partial charge in [-0.1, -0.05) is 54.6 Å². The van der Waals surface area contributed by atoms with Gasteiger partial charge in [-0.05, 0) is 38.3 Å². The zero-order valence-electron chi connectivity index (χ0n) is 14.5. The molecule has 5 nitrogen and oxygen atoms in total. The molecule has 1 heterocycles. The summed E-state index contributed by atoms with van der Waals surface area (Å²) in [7, 11) is 0. The molecule has 0 unspecified atom stereocenters. The number of benzene rings is 1. The van der Waals surface area contributed by atoms with Gasteiger partial charge in [0.1, 0.15) is 5.75 Å². The van der Waals surface area contributed by atoms with E-state index in [1.165, 1.54) is 16.9 Å². The third-order valence-corrected chi connectivity index (χ3v) is 5.51. The highest BCUT2D eigenvalue weighted by Gasteiger charge is 2.21. The van der Waals surface area contributed by atoms with E-state index in [-0.39, 0.29) is 5.91 Å². The first-order valence-corrected chi connectivity index (χ1v) is 9.84. The second-order valence-electron chi connectivity index (χ2n) is 5.49. The summed E-state index contributed by atoms with van der Waals surface area (Å²) in [5.41, 5.74) is 2.19. The molecule has 1 N–H and O–H groups in total. The van der Waals surface area contributed by atoms with E-state index in [0.29, 0.717) is 11.6 Å². The molecule has 130 valence electrons. The zero-order valence-corrected chi connectivity index (χ0v) is 16.1. The minimum Gasteiger partial charge on any atom is -0.480 e. The van der Waals surface area contributed by atoms with Crippen LogP contribution in [0.5, 0.6) is 5.75 Å². The molecule has 0 bridgehead atoms. The van der Waals surface area contributed by atoms with Crippen LogP contribution < -0.4 is 10.1 Å². The molecule has 0 aliphatic rings. The average molecular weight is 366 g/mol. The van der Waals surface area contributed by atoms with Gasteiger partial charge in [0.25, 0.3) is 5.91 Å². The van der Waals surface area contributed by atoms with Crippen molar-refractivity contribution in [1.29, 1.82) is 0 Å². The lowest BCUT2D eigenvalue weighted by Gasteiger charge is -2.18. The standard InChI is InChI=1S/C17H23N3O2S2/c1-5-9-23-17-20-19-16(24-17)18-15(21)13(6-2)22-14-8-7-11(3)10-12(14)4/h7-8,10,13H,5-6,9H2,1-4H3,(H,18,19,21)/t13-/m0/s1. The second kappa shape index (κ2) is 9.03. The Hall–Kier alpha value is -1.60. The first kappa shape index (κ1) is 18.7. The Kier molecular flexibility index (Phi) is 7.05. The fourth-order valence-electron chi connectivity index (χ4n) is 2.10. The number of ether oxygens (including phenoxy) is 1. The number of aryl methyl sites for hydroxylation is 2. The van der Waals surface area contributed by atoms with Gasteiger partial charge in [0.05, 0.1) is 0 Å². The molecule has 2 rings (SSSR count). The molecule has 1 amide bonds. The molecule has 24 heavy (non-hydrogen) atoms. The van der Waals surface area contributed by atoms with Crippen molar-refractivity contribution in [2.75, 3.05) is 11.1 Å². The van der Waals surface area contributed by atoms with E-state index in [0.717, 1.165) is 27.8 Å². The van der Waals surface area contributed by atoms with Gasteiger partial charge in [0.2, 0.25) is 5.13 Å². The largest absolute Gasteiger partial charge is 0.480 e. The van der Waals surface area contributed by atoms with E-state index < -0.39 is 6.10 Å². The van der Waals surface area contributed by atoms with Crippen molar-refractivity contribution in [2.45, 2.75) is 51.0 Å². The molecule has 0 radical (unpaired) electrons. The summed E-state index contributed by atoms with van der Waals surface area (Å²) in [6.07, 6.45) is 1.10. The molecule has 0 spiro atoms.